The first kappa shape index (κ1) is 40.7. The molecule has 7 rings (SSSR count). The number of carbonyl (C=O) groups is 4. The first-order chi connectivity index (χ1) is 27.5. The lowest BCUT2D eigenvalue weighted by Crippen LogP contribution is -2.60. The van der Waals surface area contributed by atoms with Gasteiger partial charge in [-0.25, -0.2) is 18.2 Å². The second-order valence-corrected chi connectivity index (χ2v) is 18.8. The summed E-state index contributed by atoms with van der Waals surface area (Å²) in [5.41, 5.74) is 0.694. The van der Waals surface area contributed by atoms with Crippen LogP contribution in [-0.2, 0) is 24.4 Å². The number of urea groups is 1. The lowest BCUT2D eigenvalue weighted by atomic mass is 9.97. The summed E-state index contributed by atoms with van der Waals surface area (Å²) in [5, 5.41) is 8.76. The third-order valence-electron chi connectivity index (χ3n) is 11.5. The molecule has 58 heavy (non-hydrogen) atoms. The number of sulfonamides is 1. The number of nitrogens with one attached hydrogen (secondary N) is 4. The van der Waals surface area contributed by atoms with Crippen LogP contribution in [0.3, 0.4) is 0 Å². The summed E-state index contributed by atoms with van der Waals surface area (Å²) in [4.78, 5) is 62.6. The first-order valence-corrected chi connectivity index (χ1v) is 21.4. The lowest BCUT2D eigenvalue weighted by Gasteiger charge is -2.32. The number of pyridine rings is 1. The highest BCUT2D eigenvalue weighted by atomic mass is 32.2. The Kier molecular flexibility index (Phi) is 11.0. The maximum atomic E-state index is 14.6. The van der Waals surface area contributed by atoms with Gasteiger partial charge in [0.15, 0.2) is 0 Å². The zero-order valence-corrected chi connectivity index (χ0v) is 34.4. The van der Waals surface area contributed by atoms with E-state index >= 15 is 0 Å². The average molecular weight is 813 g/mol. The van der Waals surface area contributed by atoms with Crippen LogP contribution in [-0.4, -0.2) is 90.2 Å². The van der Waals surface area contributed by atoms with E-state index in [9.17, 15) is 27.6 Å². The first-order valence-electron chi connectivity index (χ1n) is 19.9. The second-order valence-electron chi connectivity index (χ2n) is 16.8. The Bertz CT molecular complexity index is 2270. The van der Waals surface area contributed by atoms with Crippen LogP contribution >= 0.6 is 0 Å². The van der Waals surface area contributed by atoms with E-state index < -0.39 is 74.2 Å². The number of fused-ring (bicyclic) bond motifs is 3. The Morgan fingerprint density at radius 2 is 1.86 bits per heavy atom. The summed E-state index contributed by atoms with van der Waals surface area (Å²) in [7, 11) is -2.31. The highest BCUT2D eigenvalue weighted by Gasteiger charge is 2.62. The Morgan fingerprint density at radius 1 is 1.12 bits per heavy atom. The Balaban J connectivity index is 1.29. The quantitative estimate of drug-likeness (QED) is 0.220. The van der Waals surface area contributed by atoms with Gasteiger partial charge in [0.2, 0.25) is 21.8 Å². The van der Waals surface area contributed by atoms with Gasteiger partial charge in [-0.1, -0.05) is 62.4 Å². The fourth-order valence-electron chi connectivity index (χ4n) is 7.87. The molecule has 3 aromatic rings. The van der Waals surface area contributed by atoms with Crippen LogP contribution in [0.4, 0.5) is 4.79 Å². The summed E-state index contributed by atoms with van der Waals surface area (Å²) in [6.45, 7) is 11.2. The molecule has 14 nitrogen and oxygen atoms in total. The molecule has 4 bridgehead atoms. The van der Waals surface area contributed by atoms with E-state index in [0.29, 0.717) is 53.8 Å². The van der Waals surface area contributed by atoms with Crippen molar-refractivity contribution in [2.24, 2.45) is 11.8 Å². The van der Waals surface area contributed by atoms with Crippen LogP contribution in [0, 0.1) is 11.8 Å². The molecule has 3 heterocycles. The monoisotopic (exact) mass is 812 g/mol. The van der Waals surface area contributed by atoms with Gasteiger partial charge in [0, 0.05) is 46.5 Å². The maximum absolute atomic E-state index is 14.6. The normalized spacial score (nSPS) is 26.4. The largest absolute Gasteiger partial charge is 0.496 e. The van der Waals surface area contributed by atoms with Crippen molar-refractivity contribution in [3.63, 3.8) is 0 Å². The van der Waals surface area contributed by atoms with Crippen LogP contribution in [0.5, 0.6) is 11.5 Å². The standard InChI is InChI=1S/C43H52N6O8S/c1-7-28-23-43(28,40(52)48-58(54,55)30-16-17-30)46-38(50)34-20-29-24-49(34)39(51)37(25(2)3)45-41(53)47-42(4,5)18-12-11-15-27-19-31-33(22-35(27)56-6)44-32(21-36(31)57-29)26-13-9-8-10-14-26/h7-11,13-15,19,21-22,25,28-30,34,37H,1,12,16-18,20,23-24H2,2-6H3,(H,46,50)(H,48,52)(H2,45,47,53)/b15-11-/t28-,29-,34+,37+,43-/m1/s1. The molecule has 15 heteroatoms. The van der Waals surface area contributed by atoms with Gasteiger partial charge in [0.1, 0.15) is 35.2 Å². The van der Waals surface area contributed by atoms with E-state index in [4.69, 9.17) is 14.5 Å². The molecule has 0 spiro atoms. The van der Waals surface area contributed by atoms with Crippen molar-refractivity contribution in [1.82, 2.24) is 30.6 Å². The molecule has 0 radical (unpaired) electrons. The molecule has 0 unspecified atom stereocenters. The molecule has 2 saturated carbocycles. The Labute approximate surface area is 339 Å². The third kappa shape index (κ3) is 8.40. The molecule has 2 aliphatic carbocycles. The summed E-state index contributed by atoms with van der Waals surface area (Å²) >= 11 is 0. The summed E-state index contributed by atoms with van der Waals surface area (Å²) in [6.07, 6.45) is 7.09. The van der Waals surface area contributed by atoms with Gasteiger partial charge < -0.3 is 30.3 Å². The van der Waals surface area contributed by atoms with Gasteiger partial charge in [-0.2, -0.15) is 0 Å². The number of nitrogens with zero attached hydrogens (tertiary/aromatic N) is 2. The molecule has 5 atom stereocenters. The number of methoxy groups -OCH3 is 1. The van der Waals surface area contributed by atoms with Crippen LogP contribution in [0.25, 0.3) is 28.2 Å². The molecule has 3 fully saturated rings. The van der Waals surface area contributed by atoms with Crippen molar-refractivity contribution >= 4 is 50.8 Å². The molecule has 1 saturated heterocycles. The molecular formula is C43H52N6O8S. The number of ether oxygens (including phenoxy) is 2. The summed E-state index contributed by atoms with van der Waals surface area (Å²) < 4.78 is 40.4. The van der Waals surface area contributed by atoms with Crippen molar-refractivity contribution in [3.05, 3.63) is 72.8 Å². The number of aromatic nitrogens is 1. The van der Waals surface area contributed by atoms with Crippen LogP contribution < -0.4 is 30.1 Å². The van der Waals surface area contributed by atoms with E-state index in [-0.39, 0.29) is 25.3 Å². The number of benzene rings is 2. The highest BCUT2D eigenvalue weighted by Crippen LogP contribution is 2.46. The smallest absolute Gasteiger partial charge is 0.315 e. The molecule has 2 aromatic carbocycles. The van der Waals surface area contributed by atoms with Gasteiger partial charge in [0.05, 0.1) is 30.1 Å². The highest BCUT2D eigenvalue weighted by molar-refractivity contribution is 7.91. The number of carbonyl (C=O) groups excluding carboxylic acids is 4. The molecule has 2 aliphatic heterocycles. The van der Waals surface area contributed by atoms with Gasteiger partial charge in [-0.05, 0) is 57.9 Å². The lowest BCUT2D eigenvalue weighted by molar-refractivity contribution is -0.141. The number of hydrogen-bond acceptors (Lipinski definition) is 9. The van der Waals surface area contributed by atoms with E-state index in [0.717, 1.165) is 11.1 Å². The van der Waals surface area contributed by atoms with E-state index in [1.54, 1.807) is 7.11 Å². The van der Waals surface area contributed by atoms with Crippen molar-refractivity contribution in [2.45, 2.75) is 101 Å². The average Bonchev–Trinajstić information content (AvgIpc) is 4.11. The van der Waals surface area contributed by atoms with Crippen molar-refractivity contribution < 1.29 is 37.1 Å². The van der Waals surface area contributed by atoms with Gasteiger partial charge in [0.25, 0.3) is 5.91 Å². The zero-order valence-electron chi connectivity index (χ0n) is 33.5. The molecule has 1 aromatic heterocycles. The summed E-state index contributed by atoms with van der Waals surface area (Å²) in [5.74, 6) is -1.80. The van der Waals surface area contributed by atoms with E-state index in [1.165, 1.54) is 11.0 Å². The fourth-order valence-corrected chi connectivity index (χ4v) is 9.23. The molecule has 4 aliphatic rings. The minimum atomic E-state index is -3.91. The van der Waals surface area contributed by atoms with Crippen LogP contribution in [0.15, 0.2) is 67.3 Å². The van der Waals surface area contributed by atoms with Gasteiger partial charge in [-0.15, -0.1) is 6.58 Å². The molecular weight excluding hydrogens is 761 g/mol. The third-order valence-corrected chi connectivity index (χ3v) is 13.3. The molecule has 308 valence electrons. The Hall–Kier alpha value is -5.44. The number of allylic oxidation sites excluding steroid dienone is 1. The van der Waals surface area contributed by atoms with Crippen LogP contribution in [0.1, 0.15) is 71.8 Å². The predicted molar refractivity (Wildman–Crippen MR) is 220 cm³/mol. The predicted octanol–water partition coefficient (Wildman–Crippen LogP) is 4.84. The second kappa shape index (κ2) is 15.7. The maximum Gasteiger partial charge on any atom is 0.315 e. The topological polar surface area (TPSA) is 185 Å². The van der Waals surface area contributed by atoms with Crippen molar-refractivity contribution in [1.29, 1.82) is 0 Å². The van der Waals surface area contributed by atoms with E-state index in [1.807, 2.05) is 88.4 Å². The minimum Gasteiger partial charge on any atom is -0.496 e. The van der Waals surface area contributed by atoms with Crippen molar-refractivity contribution in [2.75, 3.05) is 13.7 Å². The zero-order chi connectivity index (χ0) is 41.6. The number of rotatable bonds is 9. The van der Waals surface area contributed by atoms with E-state index in [2.05, 4.69) is 27.3 Å². The fraction of sp³-hybridized carbons (Fsp3) is 0.465. The van der Waals surface area contributed by atoms with Gasteiger partial charge in [-0.3, -0.25) is 19.1 Å². The van der Waals surface area contributed by atoms with Crippen molar-refractivity contribution in [3.8, 4) is 22.8 Å². The number of amides is 5. The van der Waals surface area contributed by atoms with Gasteiger partial charge >= 0.3 is 6.03 Å². The summed E-state index contributed by atoms with van der Waals surface area (Å²) in [6, 6.07) is 12.6. The molecule has 5 amide bonds. The Morgan fingerprint density at radius 3 is 2.52 bits per heavy atom. The molecule has 4 N–H and O–H groups in total. The SMILES string of the molecule is C=C[C@@H]1C[C@]1(NC(=O)[C@@H]1C[C@@H]2CN1C(=O)[C@H](C(C)C)NC(=O)NC(C)(C)CC/C=C\c1cc3c(cc(-c4ccccc4)nc3cc1OC)O2)C(=O)NS(=O)(=O)C1CC1. The number of hydrogen-bond donors (Lipinski definition) is 4. The van der Waals surface area contributed by atoms with Crippen LogP contribution in [0.2, 0.25) is 0 Å². The minimum absolute atomic E-state index is 0.0253.